The number of amides is 1. The first-order valence-electron chi connectivity index (χ1n) is 8.56. The highest BCUT2D eigenvalue weighted by Gasteiger charge is 2.18. The average molecular weight is 328 g/mol. The van der Waals surface area contributed by atoms with Gasteiger partial charge in [0.05, 0.1) is 7.11 Å². The molecule has 0 spiro atoms. The van der Waals surface area contributed by atoms with Gasteiger partial charge in [0.1, 0.15) is 0 Å². The Bertz CT molecular complexity index is 763. The molecule has 1 aliphatic rings. The molecule has 1 amide bonds. The molecule has 24 heavy (non-hydrogen) atoms. The summed E-state index contributed by atoms with van der Waals surface area (Å²) in [7, 11) is 3.15. The van der Waals surface area contributed by atoms with Crippen LogP contribution in [0.5, 0.6) is 0 Å². The van der Waals surface area contributed by atoms with Gasteiger partial charge in [0, 0.05) is 42.2 Å². The first-order chi connectivity index (χ1) is 11.6. The highest BCUT2D eigenvalue weighted by Crippen LogP contribution is 2.29. The lowest BCUT2D eigenvalue weighted by molar-refractivity contribution is -0.140. The van der Waals surface area contributed by atoms with Crippen molar-refractivity contribution in [3.63, 3.8) is 0 Å². The normalized spacial score (nSPS) is 13.6. The standard InChI is InChI=1S/C19H24N2O3/c1-21(11-5-8-18(22)24-2)19(23)13-9-10-17-15(12-13)14-6-3-4-7-16(14)20-17/h9-10,12,20H,3-8,11H2,1-2H3. The second-order valence-electron chi connectivity index (χ2n) is 6.46. The Labute approximate surface area is 142 Å². The molecular weight excluding hydrogens is 304 g/mol. The van der Waals surface area contributed by atoms with E-state index in [2.05, 4.69) is 9.72 Å². The molecule has 1 N–H and O–H groups in total. The van der Waals surface area contributed by atoms with Crippen molar-refractivity contribution in [2.75, 3.05) is 20.7 Å². The number of fused-ring (bicyclic) bond motifs is 3. The lowest BCUT2D eigenvalue weighted by atomic mass is 9.95. The van der Waals surface area contributed by atoms with Gasteiger partial charge in [-0.3, -0.25) is 9.59 Å². The van der Waals surface area contributed by atoms with Gasteiger partial charge in [0.25, 0.3) is 5.91 Å². The molecule has 1 aromatic carbocycles. The number of hydrogen-bond acceptors (Lipinski definition) is 3. The quantitative estimate of drug-likeness (QED) is 0.858. The van der Waals surface area contributed by atoms with E-state index in [1.807, 2.05) is 18.2 Å². The summed E-state index contributed by atoms with van der Waals surface area (Å²) in [5.41, 5.74) is 4.52. The van der Waals surface area contributed by atoms with Gasteiger partial charge in [-0.2, -0.15) is 0 Å². The minimum atomic E-state index is -0.240. The second kappa shape index (κ2) is 7.07. The Hall–Kier alpha value is -2.30. The molecule has 1 aromatic heterocycles. The number of aryl methyl sites for hydroxylation is 2. The molecule has 1 heterocycles. The maximum atomic E-state index is 12.6. The van der Waals surface area contributed by atoms with Crippen LogP contribution >= 0.6 is 0 Å². The van der Waals surface area contributed by atoms with Gasteiger partial charge in [-0.15, -0.1) is 0 Å². The predicted octanol–water partition coefficient (Wildman–Crippen LogP) is 3.07. The van der Waals surface area contributed by atoms with Crippen LogP contribution in [0.2, 0.25) is 0 Å². The highest BCUT2D eigenvalue weighted by atomic mass is 16.5. The highest BCUT2D eigenvalue weighted by molar-refractivity contribution is 5.99. The van der Waals surface area contributed by atoms with Crippen molar-refractivity contribution in [2.45, 2.75) is 38.5 Å². The maximum absolute atomic E-state index is 12.6. The van der Waals surface area contributed by atoms with Gasteiger partial charge in [-0.1, -0.05) is 0 Å². The van der Waals surface area contributed by atoms with Crippen LogP contribution in [0.25, 0.3) is 10.9 Å². The Morgan fingerprint density at radius 2 is 2.04 bits per heavy atom. The maximum Gasteiger partial charge on any atom is 0.305 e. The zero-order chi connectivity index (χ0) is 17.1. The molecule has 1 aliphatic carbocycles. The van der Waals surface area contributed by atoms with E-state index in [0.717, 1.165) is 18.4 Å². The van der Waals surface area contributed by atoms with E-state index in [0.29, 0.717) is 24.9 Å². The van der Waals surface area contributed by atoms with Gasteiger partial charge in [0.15, 0.2) is 0 Å². The molecule has 3 rings (SSSR count). The van der Waals surface area contributed by atoms with Crippen LogP contribution in [0.4, 0.5) is 0 Å². The summed E-state index contributed by atoms with van der Waals surface area (Å²) < 4.78 is 4.62. The number of hydrogen-bond donors (Lipinski definition) is 1. The summed E-state index contributed by atoms with van der Waals surface area (Å²) in [5.74, 6) is -0.247. The van der Waals surface area contributed by atoms with Crippen LogP contribution in [-0.4, -0.2) is 42.5 Å². The van der Waals surface area contributed by atoms with E-state index in [-0.39, 0.29) is 11.9 Å². The molecule has 0 saturated heterocycles. The predicted molar refractivity (Wildman–Crippen MR) is 93.2 cm³/mol. The first kappa shape index (κ1) is 16.6. The lowest BCUT2D eigenvalue weighted by Gasteiger charge is -2.17. The van der Waals surface area contributed by atoms with E-state index in [1.54, 1.807) is 11.9 Å². The van der Waals surface area contributed by atoms with Crippen LogP contribution < -0.4 is 0 Å². The van der Waals surface area contributed by atoms with Gasteiger partial charge >= 0.3 is 5.97 Å². The van der Waals surface area contributed by atoms with Crippen molar-refractivity contribution in [3.8, 4) is 0 Å². The third kappa shape index (κ3) is 3.30. The Morgan fingerprint density at radius 3 is 2.83 bits per heavy atom. The fourth-order valence-corrected chi connectivity index (χ4v) is 3.42. The van der Waals surface area contributed by atoms with E-state index >= 15 is 0 Å². The third-order valence-corrected chi connectivity index (χ3v) is 4.79. The van der Waals surface area contributed by atoms with Crippen LogP contribution in [0.3, 0.4) is 0 Å². The lowest BCUT2D eigenvalue weighted by Crippen LogP contribution is -2.28. The molecule has 0 saturated carbocycles. The van der Waals surface area contributed by atoms with E-state index in [9.17, 15) is 9.59 Å². The van der Waals surface area contributed by atoms with Crippen molar-refractivity contribution < 1.29 is 14.3 Å². The first-order valence-corrected chi connectivity index (χ1v) is 8.56. The number of carbonyl (C=O) groups is 2. The van der Waals surface area contributed by atoms with Crippen molar-refractivity contribution in [1.82, 2.24) is 9.88 Å². The molecule has 0 bridgehead atoms. The third-order valence-electron chi connectivity index (χ3n) is 4.79. The zero-order valence-corrected chi connectivity index (χ0v) is 14.4. The van der Waals surface area contributed by atoms with Crippen molar-refractivity contribution in [2.24, 2.45) is 0 Å². The molecule has 2 aromatic rings. The molecule has 128 valence electrons. The molecule has 0 unspecified atom stereocenters. The number of rotatable bonds is 5. The minimum Gasteiger partial charge on any atom is -0.469 e. The Kier molecular flexibility index (Phi) is 4.88. The molecule has 0 aliphatic heterocycles. The monoisotopic (exact) mass is 328 g/mol. The number of esters is 1. The summed E-state index contributed by atoms with van der Waals surface area (Å²) in [5, 5.41) is 1.18. The van der Waals surface area contributed by atoms with Gasteiger partial charge in [-0.05, 0) is 55.9 Å². The second-order valence-corrected chi connectivity index (χ2v) is 6.46. The topological polar surface area (TPSA) is 62.4 Å². The van der Waals surface area contributed by atoms with E-state index in [4.69, 9.17) is 0 Å². The molecular formula is C19H24N2O3. The fourth-order valence-electron chi connectivity index (χ4n) is 3.42. The van der Waals surface area contributed by atoms with Crippen LogP contribution in [-0.2, 0) is 22.4 Å². The summed E-state index contributed by atoms with van der Waals surface area (Å²) in [6.07, 6.45) is 5.57. The zero-order valence-electron chi connectivity index (χ0n) is 14.4. The molecule has 0 fully saturated rings. The summed E-state index contributed by atoms with van der Waals surface area (Å²) >= 11 is 0. The number of methoxy groups -OCH3 is 1. The summed E-state index contributed by atoms with van der Waals surface area (Å²) in [6, 6.07) is 5.89. The summed E-state index contributed by atoms with van der Waals surface area (Å²) in [4.78, 5) is 28.9. The van der Waals surface area contributed by atoms with Gasteiger partial charge in [-0.25, -0.2) is 0 Å². The number of benzene rings is 1. The van der Waals surface area contributed by atoms with Crippen molar-refractivity contribution in [3.05, 3.63) is 35.0 Å². The largest absolute Gasteiger partial charge is 0.469 e. The van der Waals surface area contributed by atoms with Crippen LogP contribution in [0.1, 0.15) is 47.3 Å². The minimum absolute atomic E-state index is 0.00692. The SMILES string of the molecule is COC(=O)CCCN(C)C(=O)c1ccc2[nH]c3c(c2c1)CCCC3. The van der Waals surface area contributed by atoms with E-state index < -0.39 is 0 Å². The summed E-state index contributed by atoms with van der Waals surface area (Å²) in [6.45, 7) is 0.539. The number of nitrogens with one attached hydrogen (secondary N) is 1. The number of nitrogens with zero attached hydrogens (tertiary/aromatic N) is 1. The number of aromatic nitrogens is 1. The Balaban J connectivity index is 1.73. The number of ether oxygens (including phenoxy) is 1. The smallest absolute Gasteiger partial charge is 0.305 e. The number of carbonyl (C=O) groups excluding carboxylic acids is 2. The number of H-pyrrole nitrogens is 1. The van der Waals surface area contributed by atoms with Crippen LogP contribution in [0.15, 0.2) is 18.2 Å². The van der Waals surface area contributed by atoms with Gasteiger partial charge in [0.2, 0.25) is 0 Å². The van der Waals surface area contributed by atoms with Crippen molar-refractivity contribution >= 4 is 22.8 Å². The van der Waals surface area contributed by atoms with Crippen LogP contribution in [0, 0.1) is 0 Å². The molecule has 5 heteroatoms. The van der Waals surface area contributed by atoms with Gasteiger partial charge < -0.3 is 14.6 Å². The molecule has 5 nitrogen and oxygen atoms in total. The van der Waals surface area contributed by atoms with Crippen molar-refractivity contribution in [1.29, 1.82) is 0 Å². The molecule has 0 radical (unpaired) electrons. The Morgan fingerprint density at radius 1 is 1.25 bits per heavy atom. The average Bonchev–Trinajstić information content (AvgIpc) is 2.98. The number of aromatic amines is 1. The van der Waals surface area contributed by atoms with E-state index in [1.165, 1.54) is 36.6 Å². The fraction of sp³-hybridized carbons (Fsp3) is 0.474. The molecule has 0 atom stereocenters.